The maximum absolute atomic E-state index is 13.0. The van der Waals surface area contributed by atoms with E-state index in [9.17, 15) is 19.7 Å². The Morgan fingerprint density at radius 2 is 1.91 bits per heavy atom. The van der Waals surface area contributed by atoms with Crippen LogP contribution in [0.1, 0.15) is 36.5 Å². The number of aromatic nitrogens is 3. The number of methoxy groups -OCH3 is 1. The molecular formula is C30H32N6O6S. The highest BCUT2D eigenvalue weighted by Crippen LogP contribution is 2.30. The van der Waals surface area contributed by atoms with Crippen molar-refractivity contribution in [2.24, 2.45) is 0 Å². The van der Waals surface area contributed by atoms with Crippen molar-refractivity contribution in [1.29, 1.82) is 0 Å². The van der Waals surface area contributed by atoms with Gasteiger partial charge in [-0.05, 0) is 62.2 Å². The number of hydrogen-bond acceptors (Lipinski definition) is 9. The average molecular weight is 605 g/mol. The van der Waals surface area contributed by atoms with Gasteiger partial charge in [0.25, 0.3) is 11.6 Å². The Hall–Kier alpha value is -4.65. The van der Waals surface area contributed by atoms with Gasteiger partial charge in [0.05, 0.1) is 24.0 Å². The summed E-state index contributed by atoms with van der Waals surface area (Å²) in [7, 11) is 1.62. The van der Waals surface area contributed by atoms with Gasteiger partial charge in [-0.1, -0.05) is 17.8 Å². The maximum Gasteiger partial charge on any atom is 0.270 e. The van der Waals surface area contributed by atoms with Crippen LogP contribution in [0.4, 0.5) is 5.69 Å². The van der Waals surface area contributed by atoms with Crippen molar-refractivity contribution in [3.8, 4) is 23.0 Å². The molecule has 0 bridgehead atoms. The van der Waals surface area contributed by atoms with Gasteiger partial charge in [-0.25, -0.2) is 0 Å². The monoisotopic (exact) mass is 604 g/mol. The SMILES string of the molecule is COc1ccc(-n2c(SCCCCC(=O)N3CCN(C(=O)c4cccc([N+](=O)[O-])c4)C(C)C3)nnc2-c2ccco2)cc1. The van der Waals surface area contributed by atoms with Gasteiger partial charge in [0.15, 0.2) is 10.9 Å². The van der Waals surface area contributed by atoms with E-state index < -0.39 is 4.92 Å². The minimum absolute atomic E-state index is 0.0563. The number of rotatable bonds is 11. The predicted molar refractivity (Wildman–Crippen MR) is 160 cm³/mol. The maximum atomic E-state index is 13.0. The van der Waals surface area contributed by atoms with E-state index in [0.717, 1.165) is 35.2 Å². The highest BCUT2D eigenvalue weighted by Gasteiger charge is 2.30. The molecule has 0 saturated carbocycles. The van der Waals surface area contributed by atoms with E-state index in [1.807, 2.05) is 47.9 Å². The largest absolute Gasteiger partial charge is 0.497 e. The predicted octanol–water partition coefficient (Wildman–Crippen LogP) is 5.08. The smallest absolute Gasteiger partial charge is 0.270 e. The van der Waals surface area contributed by atoms with E-state index in [-0.39, 0.29) is 29.1 Å². The van der Waals surface area contributed by atoms with Gasteiger partial charge >= 0.3 is 0 Å². The zero-order valence-corrected chi connectivity index (χ0v) is 24.7. The summed E-state index contributed by atoms with van der Waals surface area (Å²) in [5.74, 6) is 2.51. The lowest BCUT2D eigenvalue weighted by Crippen LogP contribution is -2.55. The van der Waals surface area contributed by atoms with E-state index in [2.05, 4.69) is 10.2 Å². The van der Waals surface area contributed by atoms with Crippen LogP contribution in [0.3, 0.4) is 0 Å². The second-order valence-electron chi connectivity index (χ2n) is 10.1. The lowest BCUT2D eigenvalue weighted by Gasteiger charge is -2.40. The Morgan fingerprint density at radius 1 is 1.09 bits per heavy atom. The zero-order chi connectivity index (χ0) is 30.3. The first kappa shape index (κ1) is 29.8. The van der Waals surface area contributed by atoms with Crippen LogP contribution in [-0.4, -0.2) is 79.8 Å². The Bertz CT molecular complexity index is 1570. The second kappa shape index (κ2) is 13.6. The first-order valence-corrected chi connectivity index (χ1v) is 14.9. The minimum Gasteiger partial charge on any atom is -0.497 e. The number of hydrogen-bond donors (Lipinski definition) is 0. The van der Waals surface area contributed by atoms with Crippen LogP contribution in [0.5, 0.6) is 5.75 Å². The Morgan fingerprint density at radius 3 is 2.60 bits per heavy atom. The molecule has 1 aliphatic rings. The van der Waals surface area contributed by atoms with Gasteiger partial charge in [0.1, 0.15) is 5.75 Å². The topological polar surface area (TPSA) is 137 Å². The Kier molecular flexibility index (Phi) is 9.40. The molecule has 224 valence electrons. The number of carbonyl (C=O) groups is 2. The molecule has 5 rings (SSSR count). The molecule has 1 aliphatic heterocycles. The van der Waals surface area contributed by atoms with E-state index in [1.165, 1.54) is 18.2 Å². The van der Waals surface area contributed by atoms with Crippen molar-refractivity contribution < 1.29 is 23.7 Å². The molecule has 4 aromatic rings. The van der Waals surface area contributed by atoms with Gasteiger partial charge in [-0.2, -0.15) is 0 Å². The van der Waals surface area contributed by atoms with Crippen molar-refractivity contribution in [3.05, 3.63) is 82.6 Å². The fourth-order valence-electron chi connectivity index (χ4n) is 5.00. The first-order valence-electron chi connectivity index (χ1n) is 14.0. The fourth-order valence-corrected chi connectivity index (χ4v) is 5.95. The Labute approximate surface area is 252 Å². The van der Waals surface area contributed by atoms with E-state index in [1.54, 1.807) is 41.0 Å². The van der Waals surface area contributed by atoms with Crippen LogP contribution < -0.4 is 4.74 Å². The highest BCUT2D eigenvalue weighted by molar-refractivity contribution is 7.99. The number of non-ortho nitro benzene ring substituents is 1. The standard InChI is InChI=1S/C30H32N6O6S/c1-21-20-33(15-16-34(21)29(38)22-7-5-8-24(19-22)36(39)40)27(37)10-3-4-18-43-30-32-31-28(26-9-6-17-42-26)35(30)23-11-13-25(41-2)14-12-23/h5-9,11-14,17,19,21H,3-4,10,15-16,18,20H2,1-2H3. The molecule has 12 nitrogen and oxygen atoms in total. The number of amides is 2. The molecule has 2 aromatic carbocycles. The molecule has 0 spiro atoms. The normalized spacial score (nSPS) is 15.0. The second-order valence-corrected chi connectivity index (χ2v) is 11.2. The quantitative estimate of drug-likeness (QED) is 0.0993. The number of nitro benzene ring substituents is 1. The van der Waals surface area contributed by atoms with E-state index in [4.69, 9.17) is 9.15 Å². The van der Waals surface area contributed by atoms with Gasteiger partial charge < -0.3 is 19.0 Å². The van der Waals surface area contributed by atoms with Crippen LogP contribution >= 0.6 is 11.8 Å². The van der Waals surface area contributed by atoms with Gasteiger partial charge in [-0.3, -0.25) is 24.3 Å². The number of nitrogens with zero attached hydrogens (tertiary/aromatic N) is 6. The molecule has 1 unspecified atom stereocenters. The molecule has 43 heavy (non-hydrogen) atoms. The summed E-state index contributed by atoms with van der Waals surface area (Å²) < 4.78 is 12.8. The van der Waals surface area contributed by atoms with Gasteiger partial charge in [-0.15, -0.1) is 10.2 Å². The molecule has 0 N–H and O–H groups in total. The summed E-state index contributed by atoms with van der Waals surface area (Å²) >= 11 is 1.57. The molecule has 2 amide bonds. The number of nitro groups is 1. The summed E-state index contributed by atoms with van der Waals surface area (Å²) in [6, 6.07) is 16.8. The van der Waals surface area contributed by atoms with E-state index >= 15 is 0 Å². The van der Waals surface area contributed by atoms with Crippen molar-refractivity contribution in [2.75, 3.05) is 32.5 Å². The molecule has 2 aromatic heterocycles. The summed E-state index contributed by atoms with van der Waals surface area (Å²) in [6.45, 7) is 3.12. The first-order chi connectivity index (χ1) is 20.9. The summed E-state index contributed by atoms with van der Waals surface area (Å²) in [4.78, 5) is 40.0. The minimum atomic E-state index is -0.514. The molecule has 3 heterocycles. The van der Waals surface area contributed by atoms with Crippen LogP contribution in [0.15, 0.2) is 76.5 Å². The molecular weight excluding hydrogens is 572 g/mol. The number of furan rings is 1. The fraction of sp³-hybridized carbons (Fsp3) is 0.333. The van der Waals surface area contributed by atoms with Crippen molar-refractivity contribution in [1.82, 2.24) is 24.6 Å². The van der Waals surface area contributed by atoms with E-state index in [0.29, 0.717) is 37.6 Å². The van der Waals surface area contributed by atoms with Crippen LogP contribution in [0.25, 0.3) is 17.3 Å². The van der Waals surface area contributed by atoms with Gasteiger partial charge in [0.2, 0.25) is 11.7 Å². The van der Waals surface area contributed by atoms with Gasteiger partial charge in [0, 0.05) is 55.5 Å². The molecule has 0 aliphatic carbocycles. The van der Waals surface area contributed by atoms with Crippen molar-refractivity contribution in [2.45, 2.75) is 37.4 Å². The Balaban J connectivity index is 1.12. The van der Waals surface area contributed by atoms with Crippen LogP contribution in [0, 0.1) is 10.1 Å². The van der Waals surface area contributed by atoms with Crippen molar-refractivity contribution >= 4 is 29.3 Å². The lowest BCUT2D eigenvalue weighted by molar-refractivity contribution is -0.384. The molecule has 13 heteroatoms. The third kappa shape index (κ3) is 6.88. The van der Waals surface area contributed by atoms with Crippen molar-refractivity contribution in [3.63, 3.8) is 0 Å². The number of ether oxygens (including phenoxy) is 1. The molecule has 1 atom stereocenters. The molecule has 1 saturated heterocycles. The summed E-state index contributed by atoms with van der Waals surface area (Å²) in [6.07, 6.45) is 3.54. The number of piperazine rings is 1. The zero-order valence-electron chi connectivity index (χ0n) is 23.9. The third-order valence-electron chi connectivity index (χ3n) is 7.27. The molecule has 1 fully saturated rings. The van der Waals surface area contributed by atoms with Crippen LogP contribution in [0.2, 0.25) is 0 Å². The molecule has 0 radical (unpaired) electrons. The summed E-state index contributed by atoms with van der Waals surface area (Å²) in [5, 5.41) is 20.6. The highest BCUT2D eigenvalue weighted by atomic mass is 32.2. The summed E-state index contributed by atoms with van der Waals surface area (Å²) in [5.41, 5.74) is 1.04. The lowest BCUT2D eigenvalue weighted by atomic mass is 10.1. The average Bonchev–Trinajstić information content (AvgIpc) is 3.71. The number of carbonyl (C=O) groups excluding carboxylic acids is 2. The van der Waals surface area contributed by atoms with Crippen LogP contribution in [-0.2, 0) is 4.79 Å². The number of unbranched alkanes of at least 4 members (excludes halogenated alkanes) is 1. The third-order valence-corrected chi connectivity index (χ3v) is 8.28. The number of thioether (sulfide) groups is 1. The number of benzene rings is 2.